The van der Waals surface area contributed by atoms with Gasteiger partial charge < -0.3 is 10.1 Å². The van der Waals surface area contributed by atoms with E-state index in [1.807, 2.05) is 55.2 Å². The lowest BCUT2D eigenvalue weighted by Crippen LogP contribution is -2.46. The number of carbonyl (C=O) groups is 1. The molecule has 1 aliphatic rings. The van der Waals surface area contributed by atoms with Gasteiger partial charge in [0, 0.05) is 32.3 Å². The number of likely N-dealkylation sites (tertiary alicyclic amines) is 1. The van der Waals surface area contributed by atoms with E-state index in [2.05, 4.69) is 15.3 Å². The molecule has 1 aromatic heterocycles. The van der Waals surface area contributed by atoms with E-state index in [0.29, 0.717) is 18.2 Å². The fourth-order valence-electron chi connectivity index (χ4n) is 3.62. The molecule has 1 aromatic carbocycles. The van der Waals surface area contributed by atoms with Gasteiger partial charge in [0.2, 0.25) is 0 Å². The molecule has 6 nitrogen and oxygen atoms in total. The normalized spacial score (nSPS) is 19.1. The lowest BCUT2D eigenvalue weighted by atomic mass is 10.1. The van der Waals surface area contributed by atoms with Gasteiger partial charge in [-0.1, -0.05) is 18.2 Å². The molecule has 2 atom stereocenters. The maximum atomic E-state index is 12.8. The second-order valence-electron chi connectivity index (χ2n) is 6.57. The summed E-state index contributed by atoms with van der Waals surface area (Å²) in [7, 11) is 3.65. The highest BCUT2D eigenvalue weighted by Crippen LogP contribution is 2.29. The second kappa shape index (κ2) is 7.80. The number of ether oxygens (including phenoxy) is 1. The number of hydrogen-bond donors (Lipinski definition) is 1. The first-order valence-corrected chi connectivity index (χ1v) is 8.71. The molecule has 0 bridgehead atoms. The zero-order chi connectivity index (χ0) is 17.8. The Morgan fingerprint density at radius 1 is 1.40 bits per heavy atom. The van der Waals surface area contributed by atoms with Crippen LogP contribution in [0, 0.1) is 6.92 Å². The third-order valence-corrected chi connectivity index (χ3v) is 4.85. The molecular formula is C19H26N4O2. The molecule has 0 radical (unpaired) electrons. The first-order chi connectivity index (χ1) is 12.1. The maximum Gasteiger partial charge on any atom is 0.252 e. The monoisotopic (exact) mass is 342 g/mol. The van der Waals surface area contributed by atoms with Crippen LogP contribution in [0.15, 0.2) is 36.5 Å². The fraction of sp³-hybridized carbons (Fsp3) is 0.474. The van der Waals surface area contributed by atoms with Crippen LogP contribution in [0.2, 0.25) is 0 Å². The van der Waals surface area contributed by atoms with Crippen molar-refractivity contribution in [2.24, 2.45) is 7.05 Å². The number of methoxy groups -OCH3 is 1. The molecule has 6 heteroatoms. The number of nitrogens with one attached hydrogen (secondary N) is 1. The van der Waals surface area contributed by atoms with Crippen LogP contribution in [0.5, 0.6) is 0 Å². The van der Waals surface area contributed by atoms with Crippen LogP contribution in [0.3, 0.4) is 0 Å². The molecule has 2 aromatic rings. The standard InChI is InChI=1S/C19H26N4O2/c1-14-12-20-22(2)17(14)18(23-11-7-10-16(23)13-25-3)21-19(24)15-8-5-4-6-9-15/h4-6,8-9,12,16,18H,7,10-11,13H2,1-3H3,(H,21,24)/t16-,18?/m0/s1. The topological polar surface area (TPSA) is 59.4 Å². The average molecular weight is 342 g/mol. The Hall–Kier alpha value is -2.18. The van der Waals surface area contributed by atoms with Crippen molar-refractivity contribution in [2.75, 3.05) is 20.3 Å². The van der Waals surface area contributed by atoms with Crippen molar-refractivity contribution in [3.63, 3.8) is 0 Å². The Bertz CT molecular complexity index is 694. The molecule has 0 spiro atoms. The van der Waals surface area contributed by atoms with E-state index in [1.165, 1.54) is 0 Å². The minimum atomic E-state index is -0.220. The molecule has 3 rings (SSSR count). The lowest BCUT2D eigenvalue weighted by Gasteiger charge is -2.34. The fourth-order valence-corrected chi connectivity index (χ4v) is 3.62. The molecule has 1 fully saturated rings. The lowest BCUT2D eigenvalue weighted by molar-refractivity contribution is 0.0626. The number of aryl methyl sites for hydroxylation is 2. The van der Waals surface area contributed by atoms with Crippen LogP contribution in [0.1, 0.15) is 40.6 Å². The molecule has 0 aliphatic carbocycles. The molecule has 1 unspecified atom stereocenters. The molecule has 1 saturated heterocycles. The van der Waals surface area contributed by atoms with Gasteiger partial charge >= 0.3 is 0 Å². The first kappa shape index (κ1) is 17.6. The van der Waals surface area contributed by atoms with Crippen LogP contribution >= 0.6 is 0 Å². The summed E-state index contributed by atoms with van der Waals surface area (Å²) >= 11 is 0. The molecule has 134 valence electrons. The van der Waals surface area contributed by atoms with Crippen LogP contribution in [-0.4, -0.2) is 46.9 Å². The zero-order valence-corrected chi connectivity index (χ0v) is 15.1. The smallest absolute Gasteiger partial charge is 0.252 e. The predicted molar refractivity (Wildman–Crippen MR) is 96.2 cm³/mol. The van der Waals surface area contributed by atoms with Crippen molar-refractivity contribution in [3.05, 3.63) is 53.3 Å². The summed E-state index contributed by atoms with van der Waals surface area (Å²) in [6.45, 7) is 3.62. The number of rotatable bonds is 6. The van der Waals surface area contributed by atoms with Gasteiger partial charge in [-0.3, -0.25) is 14.4 Å². The Morgan fingerprint density at radius 3 is 2.80 bits per heavy atom. The van der Waals surface area contributed by atoms with E-state index < -0.39 is 0 Å². The number of hydrogen-bond acceptors (Lipinski definition) is 4. The van der Waals surface area contributed by atoms with E-state index in [9.17, 15) is 4.79 Å². The van der Waals surface area contributed by atoms with Gasteiger partial charge in [-0.15, -0.1) is 0 Å². The van der Waals surface area contributed by atoms with Gasteiger partial charge in [0.25, 0.3) is 5.91 Å². The van der Waals surface area contributed by atoms with Crippen molar-refractivity contribution in [3.8, 4) is 0 Å². The summed E-state index contributed by atoms with van der Waals surface area (Å²) in [4.78, 5) is 15.1. The molecule has 2 heterocycles. The molecule has 1 aliphatic heterocycles. The number of benzene rings is 1. The summed E-state index contributed by atoms with van der Waals surface area (Å²) in [5.74, 6) is -0.0748. The number of aromatic nitrogens is 2. The largest absolute Gasteiger partial charge is 0.383 e. The minimum Gasteiger partial charge on any atom is -0.383 e. The Balaban J connectivity index is 1.91. The quantitative estimate of drug-likeness (QED) is 0.875. The molecular weight excluding hydrogens is 316 g/mol. The Labute approximate surface area is 148 Å². The summed E-state index contributed by atoms with van der Waals surface area (Å²) in [5, 5.41) is 7.59. The summed E-state index contributed by atoms with van der Waals surface area (Å²) in [6.07, 6.45) is 3.80. The van der Waals surface area contributed by atoms with E-state index >= 15 is 0 Å². The van der Waals surface area contributed by atoms with Crippen LogP contribution in [-0.2, 0) is 11.8 Å². The Morgan fingerprint density at radius 2 is 2.16 bits per heavy atom. The highest BCUT2D eigenvalue weighted by molar-refractivity contribution is 5.94. The van der Waals surface area contributed by atoms with Crippen molar-refractivity contribution in [2.45, 2.75) is 32.0 Å². The zero-order valence-electron chi connectivity index (χ0n) is 15.1. The third kappa shape index (κ3) is 3.75. The van der Waals surface area contributed by atoms with Gasteiger partial charge in [-0.25, -0.2) is 0 Å². The molecule has 25 heavy (non-hydrogen) atoms. The van der Waals surface area contributed by atoms with E-state index in [0.717, 1.165) is 30.6 Å². The Kier molecular flexibility index (Phi) is 5.50. The van der Waals surface area contributed by atoms with Crippen molar-refractivity contribution < 1.29 is 9.53 Å². The van der Waals surface area contributed by atoms with Crippen molar-refractivity contribution in [1.82, 2.24) is 20.0 Å². The number of carbonyl (C=O) groups excluding carboxylic acids is 1. The second-order valence-corrected chi connectivity index (χ2v) is 6.57. The number of nitrogens with zero attached hydrogens (tertiary/aromatic N) is 3. The average Bonchev–Trinajstić information content (AvgIpc) is 3.21. The number of amides is 1. The summed E-state index contributed by atoms with van der Waals surface area (Å²) < 4.78 is 7.25. The highest BCUT2D eigenvalue weighted by Gasteiger charge is 2.35. The van der Waals surface area contributed by atoms with E-state index in [-0.39, 0.29) is 12.1 Å². The SMILES string of the molecule is COC[C@@H]1CCCN1C(NC(=O)c1ccccc1)c1c(C)cnn1C. The summed E-state index contributed by atoms with van der Waals surface area (Å²) in [6, 6.07) is 9.62. The van der Waals surface area contributed by atoms with Gasteiger partial charge in [0.1, 0.15) is 6.17 Å². The predicted octanol–water partition coefficient (Wildman–Crippen LogP) is 2.27. The highest BCUT2D eigenvalue weighted by atomic mass is 16.5. The van der Waals surface area contributed by atoms with E-state index in [1.54, 1.807) is 7.11 Å². The van der Waals surface area contributed by atoms with Crippen molar-refractivity contribution in [1.29, 1.82) is 0 Å². The molecule has 1 N–H and O–H groups in total. The van der Waals surface area contributed by atoms with Gasteiger partial charge in [-0.2, -0.15) is 5.10 Å². The van der Waals surface area contributed by atoms with E-state index in [4.69, 9.17) is 4.74 Å². The van der Waals surface area contributed by atoms with Crippen LogP contribution < -0.4 is 5.32 Å². The van der Waals surface area contributed by atoms with Gasteiger partial charge in [0.05, 0.1) is 18.5 Å². The van der Waals surface area contributed by atoms with Gasteiger partial charge in [0.15, 0.2) is 0 Å². The van der Waals surface area contributed by atoms with Crippen LogP contribution in [0.25, 0.3) is 0 Å². The summed E-state index contributed by atoms with van der Waals surface area (Å²) in [5.41, 5.74) is 2.76. The third-order valence-electron chi connectivity index (χ3n) is 4.85. The van der Waals surface area contributed by atoms with Gasteiger partial charge in [-0.05, 0) is 37.5 Å². The van der Waals surface area contributed by atoms with Crippen LogP contribution in [0.4, 0.5) is 0 Å². The first-order valence-electron chi connectivity index (χ1n) is 8.71. The maximum absolute atomic E-state index is 12.8. The molecule has 0 saturated carbocycles. The minimum absolute atomic E-state index is 0.0748. The molecule has 1 amide bonds. The van der Waals surface area contributed by atoms with Crippen molar-refractivity contribution >= 4 is 5.91 Å².